The van der Waals surface area contributed by atoms with Crippen molar-refractivity contribution < 1.29 is 14.3 Å². The Balaban J connectivity index is 1.81. The fourth-order valence-corrected chi connectivity index (χ4v) is 4.83. The van der Waals surface area contributed by atoms with E-state index in [0.717, 1.165) is 5.69 Å². The third-order valence-electron chi connectivity index (χ3n) is 6.16. The van der Waals surface area contributed by atoms with E-state index in [0.29, 0.717) is 24.2 Å². The van der Waals surface area contributed by atoms with E-state index in [4.69, 9.17) is 0 Å². The Labute approximate surface area is 162 Å². The summed E-state index contributed by atoms with van der Waals surface area (Å²) < 4.78 is 15.0. The van der Waals surface area contributed by atoms with Crippen LogP contribution in [0.25, 0.3) is 11.1 Å². The van der Waals surface area contributed by atoms with Gasteiger partial charge in [0, 0.05) is 42.9 Å². The molecule has 0 aliphatic carbocycles. The molecule has 28 heavy (non-hydrogen) atoms. The maximum absolute atomic E-state index is 13.2. The number of pyridine rings is 1. The third kappa shape index (κ3) is 2.77. The number of benzene rings is 1. The first-order valence-electron chi connectivity index (χ1n) is 9.58. The second-order valence-electron chi connectivity index (χ2n) is 7.54. The number of aliphatic hydroxyl groups excluding tert-OH is 1. The molecule has 0 spiro atoms. The van der Waals surface area contributed by atoms with Crippen molar-refractivity contribution in [2.24, 2.45) is 11.8 Å². The van der Waals surface area contributed by atoms with Crippen LogP contribution in [0.4, 0.5) is 4.39 Å². The van der Waals surface area contributed by atoms with Crippen molar-refractivity contribution in [3.05, 3.63) is 58.3 Å². The lowest BCUT2D eigenvalue weighted by Crippen LogP contribution is -2.44. The number of halogens is 1. The lowest BCUT2D eigenvalue weighted by atomic mass is 9.86. The van der Waals surface area contributed by atoms with Crippen LogP contribution >= 0.6 is 0 Å². The van der Waals surface area contributed by atoms with E-state index in [-0.39, 0.29) is 41.9 Å². The summed E-state index contributed by atoms with van der Waals surface area (Å²) >= 11 is 0. The number of amides is 1. The molecule has 3 heterocycles. The molecule has 2 aliphatic heterocycles. The van der Waals surface area contributed by atoms with E-state index in [9.17, 15) is 19.1 Å². The first-order valence-corrected chi connectivity index (χ1v) is 9.58. The number of aliphatic hydroxyl groups is 1. The number of aromatic nitrogens is 1. The second kappa shape index (κ2) is 7.14. The molecule has 1 fully saturated rings. The van der Waals surface area contributed by atoms with Crippen LogP contribution < -0.4 is 10.9 Å². The van der Waals surface area contributed by atoms with Gasteiger partial charge < -0.3 is 15.0 Å². The van der Waals surface area contributed by atoms with Crippen molar-refractivity contribution in [1.82, 2.24) is 14.8 Å². The van der Waals surface area contributed by atoms with Crippen LogP contribution in [0.2, 0.25) is 0 Å². The van der Waals surface area contributed by atoms with Gasteiger partial charge in [0.2, 0.25) is 5.91 Å². The standard InChI is InChI=1S/C21H24FN3O3/c1-3-23-20(27)18-15(11-26)17-10-25-16(19(18)24(17)2)9-8-14(21(25)28)12-4-6-13(22)7-5-12/h4-9,15,17-19,26H,3,10-11H2,1-2H3,(H,23,27)/t15-,17-,18+,19+/m0/s1. The Kier molecular flexibility index (Phi) is 4.81. The number of hydrogen-bond donors (Lipinski definition) is 2. The molecule has 6 nitrogen and oxygen atoms in total. The molecule has 2 aromatic rings. The third-order valence-corrected chi connectivity index (χ3v) is 6.16. The summed E-state index contributed by atoms with van der Waals surface area (Å²) in [6.45, 7) is 2.69. The summed E-state index contributed by atoms with van der Waals surface area (Å²) in [5, 5.41) is 12.9. The number of likely N-dealkylation sites (N-methyl/N-ethyl adjacent to an activating group) is 1. The first kappa shape index (κ1) is 18.8. The molecule has 2 bridgehead atoms. The molecule has 2 N–H and O–H groups in total. The molecule has 148 valence electrons. The van der Waals surface area contributed by atoms with Crippen molar-refractivity contribution in [3.63, 3.8) is 0 Å². The van der Waals surface area contributed by atoms with Crippen LogP contribution in [0.5, 0.6) is 0 Å². The highest BCUT2D eigenvalue weighted by Crippen LogP contribution is 2.47. The minimum atomic E-state index is -0.412. The number of nitrogens with zero attached hydrogens (tertiary/aromatic N) is 2. The normalized spacial score (nSPS) is 26.1. The van der Waals surface area contributed by atoms with Gasteiger partial charge >= 0.3 is 0 Å². The Morgan fingerprint density at radius 3 is 2.61 bits per heavy atom. The van der Waals surface area contributed by atoms with Gasteiger partial charge in [-0.2, -0.15) is 0 Å². The van der Waals surface area contributed by atoms with Gasteiger partial charge in [0.25, 0.3) is 5.56 Å². The van der Waals surface area contributed by atoms with Crippen molar-refractivity contribution in [1.29, 1.82) is 0 Å². The van der Waals surface area contributed by atoms with Gasteiger partial charge in [0.15, 0.2) is 0 Å². The van der Waals surface area contributed by atoms with Crippen molar-refractivity contribution in [2.75, 3.05) is 20.2 Å². The fourth-order valence-electron chi connectivity index (χ4n) is 4.83. The van der Waals surface area contributed by atoms with Crippen molar-refractivity contribution in [3.8, 4) is 11.1 Å². The molecule has 4 rings (SSSR count). The number of carbonyl (C=O) groups excluding carboxylic acids is 1. The lowest BCUT2D eigenvalue weighted by Gasteiger charge is -2.35. The number of rotatable bonds is 4. The SMILES string of the molecule is CCNC(=O)[C@@H]1[C@@H](CO)[C@@H]2Cn3c(ccc(-c4ccc(F)cc4)c3=O)[C@H]1N2C. The quantitative estimate of drug-likeness (QED) is 0.834. The Bertz CT molecular complexity index is 956. The molecule has 7 heteroatoms. The smallest absolute Gasteiger partial charge is 0.258 e. The van der Waals surface area contributed by atoms with Crippen LogP contribution in [-0.2, 0) is 11.3 Å². The lowest BCUT2D eigenvalue weighted by molar-refractivity contribution is -0.127. The van der Waals surface area contributed by atoms with Crippen LogP contribution in [0.3, 0.4) is 0 Å². The van der Waals surface area contributed by atoms with Gasteiger partial charge in [-0.3, -0.25) is 14.5 Å². The molecule has 2 aliphatic rings. The highest BCUT2D eigenvalue weighted by molar-refractivity contribution is 5.80. The minimum Gasteiger partial charge on any atom is -0.396 e. The molecule has 0 radical (unpaired) electrons. The molecular formula is C21H24FN3O3. The van der Waals surface area contributed by atoms with Gasteiger partial charge in [0.1, 0.15) is 5.82 Å². The monoisotopic (exact) mass is 385 g/mol. The molecule has 1 amide bonds. The van der Waals surface area contributed by atoms with E-state index < -0.39 is 5.92 Å². The van der Waals surface area contributed by atoms with E-state index in [1.165, 1.54) is 12.1 Å². The largest absolute Gasteiger partial charge is 0.396 e. The van der Waals surface area contributed by atoms with Crippen LogP contribution in [0, 0.1) is 17.7 Å². The van der Waals surface area contributed by atoms with Crippen LogP contribution in [0.1, 0.15) is 18.7 Å². The molecule has 0 saturated carbocycles. The minimum absolute atomic E-state index is 0.0931. The summed E-state index contributed by atoms with van der Waals surface area (Å²) in [5.41, 5.74) is 1.79. The zero-order chi connectivity index (χ0) is 20.0. The fraction of sp³-hybridized carbons (Fsp3) is 0.429. The average Bonchev–Trinajstić information content (AvgIpc) is 2.86. The predicted octanol–water partition coefficient (Wildman–Crippen LogP) is 1.38. The summed E-state index contributed by atoms with van der Waals surface area (Å²) in [7, 11) is 1.94. The predicted molar refractivity (Wildman–Crippen MR) is 103 cm³/mol. The average molecular weight is 385 g/mol. The number of carbonyl (C=O) groups is 1. The van der Waals surface area contributed by atoms with E-state index in [1.807, 2.05) is 20.0 Å². The molecule has 1 aromatic carbocycles. The summed E-state index contributed by atoms with van der Waals surface area (Å²) in [4.78, 5) is 28.1. The number of fused-ring (bicyclic) bond motifs is 4. The highest BCUT2D eigenvalue weighted by atomic mass is 19.1. The second-order valence-corrected chi connectivity index (χ2v) is 7.54. The maximum atomic E-state index is 13.2. The van der Waals surface area contributed by atoms with Crippen molar-refractivity contribution in [2.45, 2.75) is 25.6 Å². The molecule has 1 saturated heterocycles. The molecule has 4 atom stereocenters. The van der Waals surface area contributed by atoms with E-state index >= 15 is 0 Å². The first-order chi connectivity index (χ1) is 13.5. The number of nitrogens with one attached hydrogen (secondary N) is 1. The maximum Gasteiger partial charge on any atom is 0.258 e. The summed E-state index contributed by atoms with van der Waals surface area (Å²) in [5.74, 6) is -1.10. The Morgan fingerprint density at radius 1 is 1.25 bits per heavy atom. The molecular weight excluding hydrogens is 361 g/mol. The zero-order valence-corrected chi connectivity index (χ0v) is 15.9. The van der Waals surface area contributed by atoms with Crippen LogP contribution in [-0.4, -0.2) is 46.7 Å². The topological polar surface area (TPSA) is 74.6 Å². The Morgan fingerprint density at radius 2 is 1.96 bits per heavy atom. The summed E-state index contributed by atoms with van der Waals surface area (Å²) in [6.07, 6.45) is 0. The molecule has 1 aromatic heterocycles. The number of hydrogen-bond acceptors (Lipinski definition) is 4. The Hall–Kier alpha value is -2.51. The van der Waals surface area contributed by atoms with Gasteiger partial charge in [-0.05, 0) is 43.8 Å². The van der Waals surface area contributed by atoms with E-state index in [1.54, 1.807) is 22.8 Å². The van der Waals surface area contributed by atoms with Crippen LogP contribution in [0.15, 0.2) is 41.2 Å². The zero-order valence-electron chi connectivity index (χ0n) is 15.9. The van der Waals surface area contributed by atoms with E-state index in [2.05, 4.69) is 10.2 Å². The van der Waals surface area contributed by atoms with Crippen molar-refractivity contribution >= 4 is 5.91 Å². The van der Waals surface area contributed by atoms with Gasteiger partial charge in [-0.1, -0.05) is 12.1 Å². The van der Waals surface area contributed by atoms with Gasteiger partial charge in [-0.25, -0.2) is 4.39 Å². The highest BCUT2D eigenvalue weighted by Gasteiger charge is 2.54. The van der Waals surface area contributed by atoms with Gasteiger partial charge in [-0.15, -0.1) is 0 Å². The molecule has 0 unspecified atom stereocenters. The van der Waals surface area contributed by atoms with Gasteiger partial charge in [0.05, 0.1) is 12.0 Å². The summed E-state index contributed by atoms with van der Waals surface area (Å²) in [6, 6.07) is 9.12.